The lowest BCUT2D eigenvalue weighted by atomic mass is 10.2. The van der Waals surface area contributed by atoms with Gasteiger partial charge in [-0.1, -0.05) is 11.6 Å². The summed E-state index contributed by atoms with van der Waals surface area (Å²) in [6.07, 6.45) is 2.70. The molecular weight excluding hydrogens is 326 g/mol. The Morgan fingerprint density at radius 2 is 1.96 bits per heavy atom. The van der Waals surface area contributed by atoms with Crippen LogP contribution >= 0.6 is 11.6 Å². The van der Waals surface area contributed by atoms with Gasteiger partial charge in [-0.3, -0.25) is 4.98 Å². The molecule has 0 aliphatic carbocycles. The van der Waals surface area contributed by atoms with Crippen LogP contribution in [0.2, 0.25) is 5.02 Å². The van der Waals surface area contributed by atoms with Crippen molar-refractivity contribution >= 4 is 22.5 Å². The number of fused-ring (bicyclic) bond motifs is 1. The maximum atomic E-state index is 6.22. The highest BCUT2D eigenvalue weighted by Gasteiger charge is 2.14. The molecule has 0 radical (unpaired) electrons. The molecule has 130 valence electrons. The van der Waals surface area contributed by atoms with Gasteiger partial charge in [0.2, 0.25) is 0 Å². The van der Waals surface area contributed by atoms with Gasteiger partial charge >= 0.3 is 0 Å². The number of aromatic nitrogens is 1. The molecule has 2 aromatic rings. The zero-order chi connectivity index (χ0) is 16.9. The Morgan fingerprint density at radius 1 is 1.17 bits per heavy atom. The van der Waals surface area contributed by atoms with E-state index in [2.05, 4.69) is 21.8 Å². The molecule has 1 aromatic heterocycles. The highest BCUT2D eigenvalue weighted by atomic mass is 35.5. The second-order valence-corrected chi connectivity index (χ2v) is 6.57. The van der Waals surface area contributed by atoms with E-state index in [1.807, 2.05) is 12.1 Å². The van der Waals surface area contributed by atoms with Crippen molar-refractivity contribution in [3.8, 4) is 11.5 Å². The zero-order valence-electron chi connectivity index (χ0n) is 14.3. The minimum absolute atomic E-state index is 0.661. The minimum Gasteiger partial charge on any atom is -0.493 e. The van der Waals surface area contributed by atoms with Crippen LogP contribution in [-0.4, -0.2) is 68.3 Å². The fourth-order valence-electron chi connectivity index (χ4n) is 2.93. The summed E-state index contributed by atoms with van der Waals surface area (Å²) in [5, 5.41) is 1.54. The van der Waals surface area contributed by atoms with Gasteiger partial charge < -0.3 is 19.3 Å². The summed E-state index contributed by atoms with van der Waals surface area (Å²) in [7, 11) is 3.81. The molecule has 2 heterocycles. The van der Waals surface area contributed by atoms with Gasteiger partial charge in [-0.2, -0.15) is 0 Å². The Morgan fingerprint density at radius 3 is 2.71 bits per heavy atom. The van der Waals surface area contributed by atoms with E-state index in [0.29, 0.717) is 17.4 Å². The van der Waals surface area contributed by atoms with Gasteiger partial charge in [0.1, 0.15) is 0 Å². The molecule has 1 fully saturated rings. The SMILES string of the molecule is COc1cc2c(Cl)ccnc2cc1OCCCN1CCN(C)CC1. The normalized spacial score (nSPS) is 16.5. The molecule has 1 aliphatic rings. The molecule has 0 atom stereocenters. The molecule has 1 aromatic carbocycles. The standard InChI is InChI=1S/C18H24ClN3O2/c1-21-7-9-22(10-8-21)6-3-11-24-18-13-16-14(12-17(18)23-2)15(19)4-5-20-16/h4-5,12-13H,3,6-11H2,1-2H3. The lowest BCUT2D eigenvalue weighted by molar-refractivity contribution is 0.145. The second-order valence-electron chi connectivity index (χ2n) is 6.16. The van der Waals surface area contributed by atoms with E-state index in [4.69, 9.17) is 21.1 Å². The van der Waals surface area contributed by atoms with E-state index in [9.17, 15) is 0 Å². The van der Waals surface area contributed by atoms with E-state index >= 15 is 0 Å². The molecule has 0 saturated carbocycles. The molecule has 0 bridgehead atoms. The second kappa shape index (κ2) is 8.01. The van der Waals surface area contributed by atoms with Crippen molar-refractivity contribution in [2.75, 3.05) is 53.5 Å². The number of methoxy groups -OCH3 is 1. The summed E-state index contributed by atoms with van der Waals surface area (Å²) in [6, 6.07) is 5.57. The lowest BCUT2D eigenvalue weighted by Gasteiger charge is -2.32. The van der Waals surface area contributed by atoms with E-state index in [0.717, 1.165) is 55.8 Å². The van der Waals surface area contributed by atoms with E-state index in [1.54, 1.807) is 19.4 Å². The minimum atomic E-state index is 0.661. The van der Waals surface area contributed by atoms with Crippen molar-refractivity contribution in [2.45, 2.75) is 6.42 Å². The summed E-state index contributed by atoms with van der Waals surface area (Å²) < 4.78 is 11.4. The quantitative estimate of drug-likeness (QED) is 0.750. The Kier molecular flexibility index (Phi) is 5.76. The monoisotopic (exact) mass is 349 g/mol. The van der Waals surface area contributed by atoms with Crippen LogP contribution in [0, 0.1) is 0 Å². The number of benzene rings is 1. The summed E-state index contributed by atoms with van der Waals surface area (Å²) in [4.78, 5) is 9.21. The number of pyridine rings is 1. The van der Waals surface area contributed by atoms with Crippen LogP contribution in [0.3, 0.4) is 0 Å². The third kappa shape index (κ3) is 4.09. The first-order valence-corrected chi connectivity index (χ1v) is 8.71. The third-order valence-electron chi connectivity index (χ3n) is 4.45. The van der Waals surface area contributed by atoms with Gasteiger partial charge in [0.15, 0.2) is 11.5 Å². The number of hydrogen-bond donors (Lipinski definition) is 0. The largest absolute Gasteiger partial charge is 0.493 e. The molecule has 0 amide bonds. The summed E-state index contributed by atoms with van der Waals surface area (Å²) in [6.45, 7) is 6.29. The number of piperazine rings is 1. The van der Waals surface area contributed by atoms with Crippen LogP contribution < -0.4 is 9.47 Å². The van der Waals surface area contributed by atoms with E-state index < -0.39 is 0 Å². The van der Waals surface area contributed by atoms with Crippen molar-refractivity contribution in [1.29, 1.82) is 0 Å². The van der Waals surface area contributed by atoms with E-state index in [-0.39, 0.29) is 0 Å². The summed E-state index contributed by atoms with van der Waals surface area (Å²) >= 11 is 6.22. The summed E-state index contributed by atoms with van der Waals surface area (Å²) in [5.74, 6) is 1.41. The van der Waals surface area contributed by atoms with Gasteiger partial charge in [-0.15, -0.1) is 0 Å². The molecule has 1 aliphatic heterocycles. The first kappa shape index (κ1) is 17.3. The molecule has 0 unspecified atom stereocenters. The van der Waals surface area contributed by atoms with Gasteiger partial charge in [-0.25, -0.2) is 0 Å². The number of halogens is 1. The Labute approximate surface area is 148 Å². The van der Waals surface area contributed by atoms with Gasteiger partial charge in [-0.05, 0) is 25.6 Å². The van der Waals surface area contributed by atoms with Crippen molar-refractivity contribution in [3.63, 3.8) is 0 Å². The van der Waals surface area contributed by atoms with Crippen molar-refractivity contribution < 1.29 is 9.47 Å². The number of likely N-dealkylation sites (N-methyl/N-ethyl adjacent to an activating group) is 1. The average molecular weight is 350 g/mol. The topological polar surface area (TPSA) is 37.8 Å². The Hall–Kier alpha value is -1.56. The van der Waals surface area contributed by atoms with Crippen molar-refractivity contribution in [1.82, 2.24) is 14.8 Å². The molecular formula is C18H24ClN3O2. The number of ether oxygens (including phenoxy) is 2. The highest BCUT2D eigenvalue weighted by Crippen LogP contribution is 2.34. The van der Waals surface area contributed by atoms with Crippen LogP contribution in [0.25, 0.3) is 10.9 Å². The van der Waals surface area contributed by atoms with Crippen LogP contribution in [0.15, 0.2) is 24.4 Å². The lowest BCUT2D eigenvalue weighted by Crippen LogP contribution is -2.44. The van der Waals surface area contributed by atoms with Crippen LogP contribution in [0.5, 0.6) is 11.5 Å². The van der Waals surface area contributed by atoms with Crippen LogP contribution in [-0.2, 0) is 0 Å². The first-order chi connectivity index (χ1) is 11.7. The Balaban J connectivity index is 1.58. The average Bonchev–Trinajstić information content (AvgIpc) is 2.60. The molecule has 1 saturated heterocycles. The van der Waals surface area contributed by atoms with Crippen LogP contribution in [0.4, 0.5) is 0 Å². The number of hydrogen-bond acceptors (Lipinski definition) is 5. The third-order valence-corrected chi connectivity index (χ3v) is 4.78. The molecule has 3 rings (SSSR count). The van der Waals surface area contributed by atoms with Crippen molar-refractivity contribution in [2.24, 2.45) is 0 Å². The number of rotatable bonds is 6. The number of nitrogens with zero attached hydrogens (tertiary/aromatic N) is 3. The molecule has 6 heteroatoms. The van der Waals surface area contributed by atoms with E-state index in [1.165, 1.54) is 0 Å². The predicted molar refractivity (Wildman–Crippen MR) is 97.4 cm³/mol. The fourth-order valence-corrected chi connectivity index (χ4v) is 3.14. The van der Waals surface area contributed by atoms with Gasteiger partial charge in [0, 0.05) is 50.4 Å². The van der Waals surface area contributed by atoms with Crippen LogP contribution in [0.1, 0.15) is 6.42 Å². The highest BCUT2D eigenvalue weighted by molar-refractivity contribution is 6.35. The zero-order valence-corrected chi connectivity index (χ0v) is 15.1. The van der Waals surface area contributed by atoms with Crippen molar-refractivity contribution in [3.05, 3.63) is 29.4 Å². The maximum absolute atomic E-state index is 6.22. The summed E-state index contributed by atoms with van der Waals surface area (Å²) in [5.41, 5.74) is 0.817. The molecule has 0 N–H and O–H groups in total. The maximum Gasteiger partial charge on any atom is 0.163 e. The Bertz CT molecular complexity index is 687. The first-order valence-electron chi connectivity index (χ1n) is 8.33. The molecule has 0 spiro atoms. The molecule has 5 nitrogen and oxygen atoms in total. The fraction of sp³-hybridized carbons (Fsp3) is 0.500. The predicted octanol–water partition coefficient (Wildman–Crippen LogP) is 2.91. The molecule has 24 heavy (non-hydrogen) atoms. The van der Waals surface area contributed by atoms with Gasteiger partial charge in [0.05, 0.1) is 24.3 Å². The van der Waals surface area contributed by atoms with Gasteiger partial charge in [0.25, 0.3) is 0 Å². The smallest absolute Gasteiger partial charge is 0.163 e.